The maximum atomic E-state index is 12.8. The van der Waals surface area contributed by atoms with Crippen molar-refractivity contribution in [2.75, 3.05) is 6.54 Å². The van der Waals surface area contributed by atoms with Crippen molar-refractivity contribution < 1.29 is 29.1 Å². The highest BCUT2D eigenvalue weighted by atomic mass is 16.4. The normalized spacial score (nSPS) is 14.3. The molecular formula is C19H36N8O6. The third kappa shape index (κ3) is 12.3. The zero-order chi connectivity index (χ0) is 25.7. The van der Waals surface area contributed by atoms with Crippen molar-refractivity contribution in [3.05, 3.63) is 0 Å². The summed E-state index contributed by atoms with van der Waals surface area (Å²) in [6.07, 6.45) is 0.330. The number of hydrogen-bond donors (Lipinski definition) is 8. The number of nitrogens with one attached hydrogen (secondary N) is 3. The number of aliphatic imine (C=N–C) groups is 1. The summed E-state index contributed by atoms with van der Waals surface area (Å²) in [4.78, 5) is 63.7. The molecule has 0 radical (unpaired) electrons. The lowest BCUT2D eigenvalue weighted by Crippen LogP contribution is -2.58. The Hall–Kier alpha value is -3.42. The summed E-state index contributed by atoms with van der Waals surface area (Å²) < 4.78 is 0. The van der Waals surface area contributed by atoms with Crippen LogP contribution in [-0.2, 0) is 24.0 Å². The van der Waals surface area contributed by atoms with Crippen LogP contribution < -0.4 is 38.9 Å². The first kappa shape index (κ1) is 29.6. The SMILES string of the molecule is CC(NC(=O)C(NC(=O)C(CCC(N)=O)NC(=O)C(N)CCCN=C(N)N)C(C)C)C(=O)O. The third-order valence-electron chi connectivity index (χ3n) is 4.59. The Bertz CT molecular complexity index is 738. The minimum atomic E-state index is -1.24. The average molecular weight is 473 g/mol. The van der Waals surface area contributed by atoms with E-state index in [1.165, 1.54) is 6.92 Å². The first-order chi connectivity index (χ1) is 15.3. The number of carbonyl (C=O) groups is 5. The second-order valence-corrected chi connectivity index (χ2v) is 7.92. The smallest absolute Gasteiger partial charge is 0.325 e. The van der Waals surface area contributed by atoms with Crippen LogP contribution in [0.5, 0.6) is 0 Å². The van der Waals surface area contributed by atoms with Crippen LogP contribution in [0.15, 0.2) is 4.99 Å². The molecule has 14 heteroatoms. The zero-order valence-corrected chi connectivity index (χ0v) is 19.2. The molecule has 0 aliphatic carbocycles. The Morgan fingerprint density at radius 2 is 1.48 bits per heavy atom. The number of hydrogen-bond acceptors (Lipinski definition) is 7. The van der Waals surface area contributed by atoms with Crippen molar-refractivity contribution in [1.82, 2.24) is 16.0 Å². The molecule has 0 aromatic heterocycles. The van der Waals surface area contributed by atoms with E-state index in [1.807, 2.05) is 0 Å². The summed E-state index contributed by atoms with van der Waals surface area (Å²) in [5, 5.41) is 16.2. The lowest BCUT2D eigenvalue weighted by atomic mass is 10.0. The van der Waals surface area contributed by atoms with Crippen LogP contribution in [0.4, 0.5) is 0 Å². The monoisotopic (exact) mass is 472 g/mol. The number of carboxylic acids is 1. The molecule has 0 bridgehead atoms. The van der Waals surface area contributed by atoms with E-state index in [9.17, 15) is 24.0 Å². The predicted molar refractivity (Wildman–Crippen MR) is 120 cm³/mol. The molecule has 33 heavy (non-hydrogen) atoms. The summed E-state index contributed by atoms with van der Waals surface area (Å²) in [7, 11) is 0. The van der Waals surface area contributed by atoms with Gasteiger partial charge in [-0.05, 0) is 32.1 Å². The van der Waals surface area contributed by atoms with Gasteiger partial charge < -0.3 is 44.0 Å². The highest BCUT2D eigenvalue weighted by Gasteiger charge is 2.31. The number of nitrogens with two attached hydrogens (primary N) is 4. The van der Waals surface area contributed by atoms with E-state index in [0.717, 1.165) is 0 Å². The van der Waals surface area contributed by atoms with Crippen LogP contribution in [0, 0.1) is 5.92 Å². The van der Waals surface area contributed by atoms with Crippen molar-refractivity contribution >= 4 is 35.6 Å². The van der Waals surface area contributed by atoms with Crippen molar-refractivity contribution in [3.8, 4) is 0 Å². The third-order valence-corrected chi connectivity index (χ3v) is 4.59. The van der Waals surface area contributed by atoms with Crippen molar-refractivity contribution in [2.45, 2.75) is 70.6 Å². The van der Waals surface area contributed by atoms with Crippen molar-refractivity contribution in [2.24, 2.45) is 33.8 Å². The molecule has 188 valence electrons. The molecule has 4 amide bonds. The van der Waals surface area contributed by atoms with E-state index in [4.69, 9.17) is 28.0 Å². The van der Waals surface area contributed by atoms with Gasteiger partial charge in [-0.25, -0.2) is 0 Å². The Morgan fingerprint density at radius 3 is 1.97 bits per heavy atom. The van der Waals surface area contributed by atoms with Gasteiger partial charge in [0.05, 0.1) is 6.04 Å². The van der Waals surface area contributed by atoms with Gasteiger partial charge in [0.2, 0.25) is 23.6 Å². The van der Waals surface area contributed by atoms with Gasteiger partial charge >= 0.3 is 5.97 Å². The second-order valence-electron chi connectivity index (χ2n) is 7.92. The molecule has 14 nitrogen and oxygen atoms in total. The van der Waals surface area contributed by atoms with Gasteiger partial charge in [-0.1, -0.05) is 13.8 Å². The van der Waals surface area contributed by atoms with E-state index in [0.29, 0.717) is 6.42 Å². The minimum Gasteiger partial charge on any atom is -0.480 e. The number of nitrogens with zero attached hydrogens (tertiary/aromatic N) is 1. The fraction of sp³-hybridized carbons (Fsp3) is 0.684. The van der Waals surface area contributed by atoms with E-state index >= 15 is 0 Å². The number of aliphatic carboxylic acids is 1. The average Bonchev–Trinajstić information content (AvgIpc) is 2.70. The molecule has 0 rings (SSSR count). The molecule has 0 saturated heterocycles. The van der Waals surface area contributed by atoms with Crippen LogP contribution in [0.2, 0.25) is 0 Å². The summed E-state index contributed by atoms with van der Waals surface area (Å²) in [6, 6.07) is -4.41. The zero-order valence-electron chi connectivity index (χ0n) is 19.2. The van der Waals surface area contributed by atoms with Crippen LogP contribution >= 0.6 is 0 Å². The number of amides is 4. The lowest BCUT2D eigenvalue weighted by molar-refractivity contribution is -0.142. The van der Waals surface area contributed by atoms with Crippen LogP contribution in [0.1, 0.15) is 46.5 Å². The van der Waals surface area contributed by atoms with Crippen LogP contribution in [-0.4, -0.2) is 71.4 Å². The fourth-order valence-corrected chi connectivity index (χ4v) is 2.64. The Balaban J connectivity index is 5.25. The first-order valence-electron chi connectivity index (χ1n) is 10.5. The number of carbonyl (C=O) groups excluding carboxylic acids is 4. The predicted octanol–water partition coefficient (Wildman–Crippen LogP) is -3.15. The van der Waals surface area contributed by atoms with Crippen molar-refractivity contribution in [1.29, 1.82) is 0 Å². The summed E-state index contributed by atoms with van der Waals surface area (Å²) >= 11 is 0. The standard InChI is InChI=1S/C19H36N8O6/c1-9(2)14(17(31)25-10(3)18(32)33)27-16(30)12(6-7-13(21)28)26-15(29)11(20)5-4-8-24-19(22)23/h9-12,14H,4-8,20H2,1-3H3,(H2,21,28)(H,25,31)(H,26,29)(H,27,30)(H,32,33)(H4,22,23,24). The van der Waals surface area contributed by atoms with Gasteiger partial charge in [-0.3, -0.25) is 29.0 Å². The highest BCUT2D eigenvalue weighted by Crippen LogP contribution is 2.06. The lowest BCUT2D eigenvalue weighted by Gasteiger charge is -2.26. The molecule has 0 aliphatic rings. The Labute approximate surface area is 192 Å². The van der Waals surface area contributed by atoms with Gasteiger partial charge in [0, 0.05) is 13.0 Å². The fourth-order valence-electron chi connectivity index (χ4n) is 2.64. The maximum Gasteiger partial charge on any atom is 0.325 e. The molecule has 12 N–H and O–H groups in total. The molecule has 4 atom stereocenters. The molecule has 4 unspecified atom stereocenters. The van der Waals surface area contributed by atoms with Crippen molar-refractivity contribution in [3.63, 3.8) is 0 Å². The van der Waals surface area contributed by atoms with Crippen LogP contribution in [0.25, 0.3) is 0 Å². The van der Waals surface area contributed by atoms with E-state index in [-0.39, 0.29) is 31.8 Å². The number of guanidine groups is 1. The topological polar surface area (TPSA) is 258 Å². The Morgan fingerprint density at radius 1 is 0.879 bits per heavy atom. The van der Waals surface area contributed by atoms with Gasteiger partial charge in [0.25, 0.3) is 0 Å². The van der Waals surface area contributed by atoms with Gasteiger partial charge in [0.1, 0.15) is 18.1 Å². The van der Waals surface area contributed by atoms with Gasteiger partial charge in [0.15, 0.2) is 5.96 Å². The minimum absolute atomic E-state index is 0.0855. The van der Waals surface area contributed by atoms with E-state index in [1.54, 1.807) is 13.8 Å². The largest absolute Gasteiger partial charge is 0.480 e. The van der Waals surface area contributed by atoms with Gasteiger partial charge in [-0.2, -0.15) is 0 Å². The first-order valence-corrected chi connectivity index (χ1v) is 10.5. The summed E-state index contributed by atoms with van der Waals surface area (Å²) in [6.45, 7) is 4.86. The van der Waals surface area contributed by atoms with Gasteiger partial charge in [-0.15, -0.1) is 0 Å². The van der Waals surface area contributed by atoms with E-state index < -0.39 is 59.7 Å². The second kappa shape index (κ2) is 14.6. The molecule has 0 aromatic rings. The molecule has 0 saturated carbocycles. The molecule has 0 aromatic carbocycles. The molecule has 0 aliphatic heterocycles. The highest BCUT2D eigenvalue weighted by molar-refractivity contribution is 5.94. The summed E-state index contributed by atoms with van der Waals surface area (Å²) in [5.41, 5.74) is 21.5. The molecule has 0 fully saturated rings. The molecule has 0 spiro atoms. The maximum absolute atomic E-state index is 12.8. The van der Waals surface area contributed by atoms with E-state index in [2.05, 4.69) is 20.9 Å². The molecular weight excluding hydrogens is 436 g/mol. The quantitative estimate of drug-likeness (QED) is 0.0678. The van der Waals surface area contributed by atoms with Crippen LogP contribution in [0.3, 0.4) is 0 Å². The molecule has 0 heterocycles. The summed E-state index contributed by atoms with van der Waals surface area (Å²) in [5.74, 6) is -4.50. The Kier molecular flexibility index (Phi) is 13.1. The number of rotatable bonds is 15. The number of carboxylic acid groups (broad SMARTS) is 1. The number of primary amides is 1.